The van der Waals surface area contributed by atoms with Crippen LogP contribution in [0.2, 0.25) is 0 Å². The minimum atomic E-state index is -3.75. The van der Waals surface area contributed by atoms with Crippen molar-refractivity contribution in [2.24, 2.45) is 0 Å². The molecule has 132 valence electrons. The van der Waals surface area contributed by atoms with Crippen molar-refractivity contribution >= 4 is 15.7 Å². The standard InChI is InChI=1S/C17H18N2O5S/c1-13-11-18(12-17(24-13)14-5-3-2-4-6-14)25(22,23)16-9-7-15(8-10-16)19(20)21/h2-10,13,17H,11-12H2,1H3/t13-,17-/m0/s1. The van der Waals surface area contributed by atoms with Crippen LogP contribution in [0.25, 0.3) is 0 Å². The van der Waals surface area contributed by atoms with Crippen LogP contribution in [0.5, 0.6) is 0 Å². The van der Waals surface area contributed by atoms with Crippen LogP contribution < -0.4 is 0 Å². The lowest BCUT2D eigenvalue weighted by Crippen LogP contribution is -2.45. The fourth-order valence-electron chi connectivity index (χ4n) is 2.85. The van der Waals surface area contributed by atoms with Crippen molar-refractivity contribution in [2.45, 2.75) is 24.0 Å². The van der Waals surface area contributed by atoms with E-state index < -0.39 is 14.9 Å². The molecule has 0 saturated carbocycles. The number of rotatable bonds is 4. The van der Waals surface area contributed by atoms with Gasteiger partial charge in [0.25, 0.3) is 5.69 Å². The molecule has 1 saturated heterocycles. The highest BCUT2D eigenvalue weighted by atomic mass is 32.2. The second-order valence-corrected chi connectivity index (χ2v) is 7.86. The summed E-state index contributed by atoms with van der Waals surface area (Å²) in [6.45, 7) is 2.27. The average Bonchev–Trinajstić information content (AvgIpc) is 2.62. The van der Waals surface area contributed by atoms with Crippen LogP contribution in [0, 0.1) is 10.1 Å². The first-order chi connectivity index (χ1) is 11.9. The fourth-order valence-corrected chi connectivity index (χ4v) is 4.37. The maximum absolute atomic E-state index is 12.9. The largest absolute Gasteiger partial charge is 0.368 e. The summed E-state index contributed by atoms with van der Waals surface area (Å²) in [5.41, 5.74) is 0.773. The molecule has 0 unspecified atom stereocenters. The lowest BCUT2D eigenvalue weighted by atomic mass is 10.1. The molecule has 2 aromatic carbocycles. The van der Waals surface area contributed by atoms with E-state index in [4.69, 9.17) is 4.74 Å². The van der Waals surface area contributed by atoms with E-state index in [0.29, 0.717) is 0 Å². The van der Waals surface area contributed by atoms with Crippen molar-refractivity contribution < 1.29 is 18.1 Å². The molecule has 0 bridgehead atoms. The van der Waals surface area contributed by atoms with E-state index in [0.717, 1.165) is 5.56 Å². The van der Waals surface area contributed by atoms with Crippen LogP contribution in [0.15, 0.2) is 59.5 Å². The number of morpholine rings is 1. The van der Waals surface area contributed by atoms with Crippen LogP contribution in [0.3, 0.4) is 0 Å². The molecule has 1 aliphatic rings. The van der Waals surface area contributed by atoms with E-state index in [1.165, 1.54) is 28.6 Å². The van der Waals surface area contributed by atoms with Gasteiger partial charge in [0.1, 0.15) is 0 Å². The number of nitro benzene ring substituents is 1. The zero-order valence-electron chi connectivity index (χ0n) is 13.6. The van der Waals surface area contributed by atoms with Gasteiger partial charge in [0.15, 0.2) is 0 Å². The van der Waals surface area contributed by atoms with Gasteiger partial charge in [-0.25, -0.2) is 8.42 Å². The molecule has 7 nitrogen and oxygen atoms in total. The van der Waals surface area contributed by atoms with Crippen molar-refractivity contribution in [3.63, 3.8) is 0 Å². The predicted octanol–water partition coefficient (Wildman–Crippen LogP) is 2.75. The first-order valence-electron chi connectivity index (χ1n) is 7.83. The molecule has 0 spiro atoms. The number of benzene rings is 2. The monoisotopic (exact) mass is 362 g/mol. The minimum Gasteiger partial charge on any atom is -0.368 e. The van der Waals surface area contributed by atoms with Crippen molar-refractivity contribution in [1.29, 1.82) is 0 Å². The first-order valence-corrected chi connectivity index (χ1v) is 9.27. The van der Waals surface area contributed by atoms with Gasteiger partial charge >= 0.3 is 0 Å². The molecule has 0 aromatic heterocycles. The summed E-state index contributed by atoms with van der Waals surface area (Å²) in [6, 6.07) is 14.4. The highest BCUT2D eigenvalue weighted by Crippen LogP contribution is 2.29. The topological polar surface area (TPSA) is 89.8 Å². The summed E-state index contributed by atoms with van der Waals surface area (Å²) in [7, 11) is -3.75. The molecule has 2 aromatic rings. The molecule has 1 aliphatic heterocycles. The first kappa shape index (κ1) is 17.5. The van der Waals surface area contributed by atoms with Gasteiger partial charge in [0.2, 0.25) is 10.0 Å². The Morgan fingerprint density at radius 1 is 1.08 bits per heavy atom. The van der Waals surface area contributed by atoms with Crippen LogP contribution in [0.4, 0.5) is 5.69 Å². The maximum Gasteiger partial charge on any atom is 0.269 e. The summed E-state index contributed by atoms with van der Waals surface area (Å²) < 4.78 is 33.0. The van der Waals surface area contributed by atoms with E-state index in [2.05, 4.69) is 0 Å². The molecule has 1 fully saturated rings. The van der Waals surface area contributed by atoms with Gasteiger partial charge < -0.3 is 4.74 Å². The molecule has 0 N–H and O–H groups in total. The minimum absolute atomic E-state index is 0.0408. The average molecular weight is 362 g/mol. The van der Waals surface area contributed by atoms with Crippen molar-refractivity contribution in [1.82, 2.24) is 4.31 Å². The number of hydrogen-bond donors (Lipinski definition) is 0. The summed E-state index contributed by atoms with van der Waals surface area (Å²) in [6.07, 6.45) is -0.607. The number of sulfonamides is 1. The molecule has 0 amide bonds. The Bertz CT molecular complexity index is 852. The zero-order valence-corrected chi connectivity index (χ0v) is 14.4. The van der Waals surface area contributed by atoms with Crippen LogP contribution >= 0.6 is 0 Å². The summed E-state index contributed by atoms with van der Waals surface area (Å²) in [5.74, 6) is 0. The van der Waals surface area contributed by atoms with Gasteiger partial charge in [-0.15, -0.1) is 0 Å². The Hall–Kier alpha value is -2.29. The summed E-state index contributed by atoms with van der Waals surface area (Å²) in [5, 5.41) is 10.7. The van der Waals surface area contributed by atoms with Crippen molar-refractivity contribution in [3.05, 3.63) is 70.3 Å². The molecule has 2 atom stereocenters. The Morgan fingerprint density at radius 3 is 2.32 bits per heavy atom. The molecular weight excluding hydrogens is 344 g/mol. The van der Waals surface area contributed by atoms with Gasteiger partial charge in [0, 0.05) is 25.2 Å². The SMILES string of the molecule is C[C@H]1CN(S(=O)(=O)c2ccc([N+](=O)[O-])cc2)C[C@@H](c2ccccc2)O1. The number of non-ortho nitro benzene ring substituents is 1. The predicted molar refractivity (Wildman–Crippen MR) is 91.6 cm³/mol. The Balaban J connectivity index is 1.87. The van der Waals surface area contributed by atoms with E-state index in [9.17, 15) is 18.5 Å². The van der Waals surface area contributed by atoms with E-state index in [-0.39, 0.29) is 35.9 Å². The number of ether oxygens (including phenoxy) is 1. The Morgan fingerprint density at radius 2 is 1.72 bits per heavy atom. The number of nitro groups is 1. The van der Waals surface area contributed by atoms with E-state index >= 15 is 0 Å². The summed E-state index contributed by atoms with van der Waals surface area (Å²) >= 11 is 0. The summed E-state index contributed by atoms with van der Waals surface area (Å²) in [4.78, 5) is 10.2. The highest BCUT2D eigenvalue weighted by Gasteiger charge is 2.34. The second-order valence-electron chi connectivity index (χ2n) is 5.92. The Kier molecular flexibility index (Phi) is 4.85. The Labute approximate surface area is 146 Å². The van der Waals surface area contributed by atoms with Crippen LogP contribution in [-0.4, -0.2) is 36.8 Å². The third kappa shape index (κ3) is 3.71. The molecule has 1 heterocycles. The van der Waals surface area contributed by atoms with E-state index in [1.54, 1.807) is 0 Å². The molecular formula is C17H18N2O5S. The van der Waals surface area contributed by atoms with Crippen molar-refractivity contribution in [2.75, 3.05) is 13.1 Å². The molecule has 3 rings (SSSR count). The normalized spacial score (nSPS) is 21.8. The molecule has 0 radical (unpaired) electrons. The molecule has 25 heavy (non-hydrogen) atoms. The number of nitrogens with zero attached hydrogens (tertiary/aromatic N) is 2. The van der Waals surface area contributed by atoms with Gasteiger partial charge in [-0.1, -0.05) is 30.3 Å². The van der Waals surface area contributed by atoms with E-state index in [1.807, 2.05) is 37.3 Å². The second kappa shape index (κ2) is 6.91. The van der Waals surface area contributed by atoms with Crippen LogP contribution in [-0.2, 0) is 14.8 Å². The smallest absolute Gasteiger partial charge is 0.269 e. The third-order valence-electron chi connectivity index (χ3n) is 4.08. The van der Waals surface area contributed by atoms with Gasteiger partial charge in [-0.05, 0) is 24.6 Å². The van der Waals surface area contributed by atoms with Gasteiger partial charge in [-0.2, -0.15) is 4.31 Å². The lowest BCUT2D eigenvalue weighted by molar-refractivity contribution is -0.384. The lowest BCUT2D eigenvalue weighted by Gasteiger charge is -2.36. The fraction of sp³-hybridized carbons (Fsp3) is 0.294. The van der Waals surface area contributed by atoms with Gasteiger partial charge in [-0.3, -0.25) is 10.1 Å². The van der Waals surface area contributed by atoms with Crippen LogP contribution in [0.1, 0.15) is 18.6 Å². The van der Waals surface area contributed by atoms with Gasteiger partial charge in [0.05, 0.1) is 22.0 Å². The third-order valence-corrected chi connectivity index (χ3v) is 5.93. The quantitative estimate of drug-likeness (QED) is 0.616. The highest BCUT2D eigenvalue weighted by molar-refractivity contribution is 7.89. The number of hydrogen-bond acceptors (Lipinski definition) is 5. The van der Waals surface area contributed by atoms with Crippen molar-refractivity contribution in [3.8, 4) is 0 Å². The molecule has 8 heteroatoms. The molecule has 0 aliphatic carbocycles. The zero-order chi connectivity index (χ0) is 18.0. The maximum atomic E-state index is 12.9.